The first-order valence-corrected chi connectivity index (χ1v) is 6.34. The predicted molar refractivity (Wildman–Crippen MR) is 71.6 cm³/mol. The molecule has 0 radical (unpaired) electrons. The maximum Gasteiger partial charge on any atom is 0.356 e. The number of nitrogens with one attached hydrogen (secondary N) is 1. The number of carboxylic acids is 1. The number of hydrogen-bond donors (Lipinski definition) is 2. The zero-order valence-corrected chi connectivity index (χ0v) is 11.4. The van der Waals surface area contributed by atoms with Crippen LogP contribution in [-0.4, -0.2) is 56.8 Å². The lowest BCUT2D eigenvalue weighted by Crippen LogP contribution is -2.38. The minimum atomic E-state index is -1.10. The Kier molecular flexibility index (Phi) is 4.31. The third-order valence-electron chi connectivity index (χ3n) is 2.98. The number of rotatable bonds is 5. The Morgan fingerprint density at radius 1 is 1.43 bits per heavy atom. The van der Waals surface area contributed by atoms with Crippen molar-refractivity contribution in [2.75, 3.05) is 13.6 Å². The second-order valence-electron chi connectivity index (χ2n) is 4.52. The standard InChI is InChI=1S/C12H15N5O4/c1-16-10(18)3-2-8(15-16)11(19)13-4-5-17-6-9(12(20)21)14-7-17/h6-7H,2-5H2,1H3,(H,13,19)(H,20,21). The number of amides is 2. The first kappa shape index (κ1) is 14.7. The van der Waals surface area contributed by atoms with Gasteiger partial charge in [0.2, 0.25) is 5.91 Å². The first-order valence-electron chi connectivity index (χ1n) is 6.34. The molecule has 1 aromatic rings. The van der Waals surface area contributed by atoms with Crippen LogP contribution in [0, 0.1) is 0 Å². The summed E-state index contributed by atoms with van der Waals surface area (Å²) in [5, 5.41) is 16.5. The molecule has 0 spiro atoms. The predicted octanol–water partition coefficient (Wildman–Crippen LogP) is -0.694. The summed E-state index contributed by atoms with van der Waals surface area (Å²) in [6, 6.07) is 0. The van der Waals surface area contributed by atoms with Crippen LogP contribution in [0.25, 0.3) is 0 Å². The molecule has 0 fully saturated rings. The summed E-state index contributed by atoms with van der Waals surface area (Å²) < 4.78 is 1.57. The quantitative estimate of drug-likeness (QED) is 0.745. The number of aromatic nitrogens is 2. The number of imidazole rings is 1. The monoisotopic (exact) mass is 293 g/mol. The van der Waals surface area contributed by atoms with Crippen molar-refractivity contribution in [3.8, 4) is 0 Å². The van der Waals surface area contributed by atoms with E-state index in [1.807, 2.05) is 0 Å². The van der Waals surface area contributed by atoms with Gasteiger partial charge in [-0.05, 0) is 0 Å². The number of hydrazone groups is 1. The normalized spacial score (nSPS) is 14.8. The summed E-state index contributed by atoms with van der Waals surface area (Å²) in [5.41, 5.74) is 0.270. The third-order valence-corrected chi connectivity index (χ3v) is 2.98. The fourth-order valence-electron chi connectivity index (χ4n) is 1.83. The molecule has 0 atom stereocenters. The van der Waals surface area contributed by atoms with E-state index in [0.29, 0.717) is 25.2 Å². The molecule has 2 N–H and O–H groups in total. The van der Waals surface area contributed by atoms with E-state index in [4.69, 9.17) is 5.11 Å². The van der Waals surface area contributed by atoms with Gasteiger partial charge in [0.15, 0.2) is 5.69 Å². The van der Waals surface area contributed by atoms with Gasteiger partial charge in [-0.3, -0.25) is 9.59 Å². The lowest BCUT2D eigenvalue weighted by Gasteiger charge is -2.18. The highest BCUT2D eigenvalue weighted by molar-refractivity contribution is 6.39. The number of nitrogens with zero attached hydrogens (tertiary/aromatic N) is 4. The summed E-state index contributed by atoms with van der Waals surface area (Å²) in [6.45, 7) is 0.707. The molecular formula is C12H15N5O4. The van der Waals surface area contributed by atoms with Crippen LogP contribution in [0.1, 0.15) is 23.3 Å². The van der Waals surface area contributed by atoms with Gasteiger partial charge in [0.1, 0.15) is 5.71 Å². The highest BCUT2D eigenvalue weighted by Gasteiger charge is 2.21. The number of aromatic carboxylic acids is 1. The van der Waals surface area contributed by atoms with Crippen molar-refractivity contribution in [3.63, 3.8) is 0 Å². The second kappa shape index (κ2) is 6.16. The topological polar surface area (TPSA) is 117 Å². The van der Waals surface area contributed by atoms with E-state index in [1.54, 1.807) is 4.57 Å². The van der Waals surface area contributed by atoms with Gasteiger partial charge in [0.05, 0.1) is 6.33 Å². The minimum absolute atomic E-state index is 0.0434. The Bertz CT molecular complexity index is 607. The minimum Gasteiger partial charge on any atom is -0.476 e. The number of carbonyl (C=O) groups is 3. The van der Waals surface area contributed by atoms with Gasteiger partial charge in [-0.2, -0.15) is 5.10 Å². The van der Waals surface area contributed by atoms with Gasteiger partial charge < -0.3 is 15.0 Å². The maximum atomic E-state index is 11.9. The first-order chi connectivity index (χ1) is 9.97. The SMILES string of the molecule is CN1N=C(C(=O)NCCn2cnc(C(=O)O)c2)CCC1=O. The van der Waals surface area contributed by atoms with Crippen molar-refractivity contribution >= 4 is 23.5 Å². The second-order valence-corrected chi connectivity index (χ2v) is 4.52. The largest absolute Gasteiger partial charge is 0.476 e. The molecule has 2 heterocycles. The molecule has 1 aromatic heterocycles. The molecule has 0 saturated heterocycles. The molecule has 0 saturated carbocycles. The van der Waals surface area contributed by atoms with Crippen molar-refractivity contribution < 1.29 is 19.5 Å². The lowest BCUT2D eigenvalue weighted by atomic mass is 10.1. The zero-order chi connectivity index (χ0) is 15.4. The van der Waals surface area contributed by atoms with E-state index in [1.165, 1.54) is 19.6 Å². The molecule has 0 aromatic carbocycles. The van der Waals surface area contributed by atoms with Crippen LogP contribution >= 0.6 is 0 Å². The highest BCUT2D eigenvalue weighted by Crippen LogP contribution is 2.06. The number of carboxylic acid groups (broad SMARTS) is 1. The molecule has 9 heteroatoms. The van der Waals surface area contributed by atoms with E-state index in [9.17, 15) is 14.4 Å². The Labute approximate surface area is 120 Å². The maximum absolute atomic E-state index is 11.9. The number of carbonyl (C=O) groups excluding carboxylic acids is 2. The fourth-order valence-corrected chi connectivity index (χ4v) is 1.83. The average Bonchev–Trinajstić information content (AvgIpc) is 2.91. The van der Waals surface area contributed by atoms with Gasteiger partial charge >= 0.3 is 5.97 Å². The summed E-state index contributed by atoms with van der Waals surface area (Å²) >= 11 is 0. The van der Waals surface area contributed by atoms with Crippen molar-refractivity contribution in [2.24, 2.45) is 5.10 Å². The van der Waals surface area contributed by atoms with Crippen LogP contribution in [0.2, 0.25) is 0 Å². The molecular weight excluding hydrogens is 278 g/mol. The van der Waals surface area contributed by atoms with E-state index >= 15 is 0 Å². The molecule has 1 aliphatic rings. The summed E-state index contributed by atoms with van der Waals surface area (Å²) in [5.74, 6) is -1.54. The Morgan fingerprint density at radius 2 is 2.19 bits per heavy atom. The summed E-state index contributed by atoms with van der Waals surface area (Å²) in [4.78, 5) is 37.5. The van der Waals surface area contributed by atoms with Crippen LogP contribution in [0.4, 0.5) is 0 Å². The Morgan fingerprint density at radius 3 is 2.81 bits per heavy atom. The van der Waals surface area contributed by atoms with Crippen LogP contribution in [0.3, 0.4) is 0 Å². The van der Waals surface area contributed by atoms with E-state index in [-0.39, 0.29) is 23.9 Å². The highest BCUT2D eigenvalue weighted by atomic mass is 16.4. The molecule has 0 aliphatic carbocycles. The van der Waals surface area contributed by atoms with Crippen LogP contribution in [0.5, 0.6) is 0 Å². The third kappa shape index (κ3) is 3.65. The molecule has 0 unspecified atom stereocenters. The Balaban J connectivity index is 1.83. The van der Waals surface area contributed by atoms with Crippen LogP contribution in [0.15, 0.2) is 17.6 Å². The van der Waals surface area contributed by atoms with Crippen molar-refractivity contribution in [2.45, 2.75) is 19.4 Å². The van der Waals surface area contributed by atoms with Crippen molar-refractivity contribution in [1.82, 2.24) is 19.9 Å². The van der Waals surface area contributed by atoms with Gasteiger partial charge in [-0.15, -0.1) is 0 Å². The average molecular weight is 293 g/mol. The van der Waals surface area contributed by atoms with Crippen LogP contribution in [-0.2, 0) is 16.1 Å². The summed E-state index contributed by atoms with van der Waals surface area (Å²) in [7, 11) is 1.51. The smallest absolute Gasteiger partial charge is 0.356 e. The van der Waals surface area contributed by atoms with Crippen LogP contribution < -0.4 is 5.32 Å². The molecule has 21 heavy (non-hydrogen) atoms. The zero-order valence-electron chi connectivity index (χ0n) is 11.4. The van der Waals surface area contributed by atoms with Gasteiger partial charge in [-0.1, -0.05) is 0 Å². The molecule has 1 aliphatic heterocycles. The molecule has 0 bridgehead atoms. The number of hydrogen-bond acceptors (Lipinski definition) is 5. The van der Waals surface area contributed by atoms with Crippen molar-refractivity contribution in [1.29, 1.82) is 0 Å². The van der Waals surface area contributed by atoms with E-state index in [0.717, 1.165) is 5.01 Å². The van der Waals surface area contributed by atoms with Gasteiger partial charge in [-0.25, -0.2) is 14.8 Å². The summed E-state index contributed by atoms with van der Waals surface area (Å²) in [6.07, 6.45) is 3.37. The lowest BCUT2D eigenvalue weighted by molar-refractivity contribution is -0.130. The molecule has 112 valence electrons. The molecule has 2 amide bonds. The van der Waals surface area contributed by atoms with Crippen molar-refractivity contribution in [3.05, 3.63) is 18.2 Å². The fraction of sp³-hybridized carbons (Fsp3) is 0.417. The van der Waals surface area contributed by atoms with Gasteiger partial charge in [0.25, 0.3) is 5.91 Å². The van der Waals surface area contributed by atoms with E-state index in [2.05, 4.69) is 15.4 Å². The molecule has 2 rings (SSSR count). The Hall–Kier alpha value is -2.71. The van der Waals surface area contributed by atoms with Gasteiger partial charge in [0, 0.05) is 39.2 Å². The van der Waals surface area contributed by atoms with E-state index < -0.39 is 5.97 Å². The molecule has 9 nitrogen and oxygen atoms in total.